The Morgan fingerprint density at radius 3 is 2.55 bits per heavy atom. The van der Waals surface area contributed by atoms with Gasteiger partial charge in [-0.1, -0.05) is 0 Å². The van der Waals surface area contributed by atoms with Crippen molar-refractivity contribution in [1.29, 1.82) is 5.26 Å². The molecule has 0 bridgehead atoms. The molecular formula is C12H13N3O5. The van der Waals surface area contributed by atoms with Crippen LogP contribution < -0.4 is 11.1 Å². The molecular weight excluding hydrogens is 266 g/mol. The van der Waals surface area contributed by atoms with E-state index in [1.54, 1.807) is 13.0 Å². The van der Waals surface area contributed by atoms with Crippen LogP contribution in [-0.4, -0.2) is 24.4 Å². The molecule has 0 unspecified atom stereocenters. The van der Waals surface area contributed by atoms with E-state index < -0.39 is 24.2 Å². The predicted octanol–water partition coefficient (Wildman–Crippen LogP) is 0.716. The van der Waals surface area contributed by atoms with Crippen LogP contribution in [0.25, 0.3) is 0 Å². The summed E-state index contributed by atoms with van der Waals surface area (Å²) in [6.45, 7) is 3.14. The maximum absolute atomic E-state index is 11.8. The van der Waals surface area contributed by atoms with Crippen molar-refractivity contribution in [3.63, 3.8) is 0 Å². The minimum Gasteiger partial charge on any atom is -0.462 e. The lowest BCUT2D eigenvalue weighted by Crippen LogP contribution is -2.20. The molecule has 0 spiro atoms. The number of nitrogens with two attached hydrogens (primary N) is 1. The van der Waals surface area contributed by atoms with Crippen LogP contribution in [0.1, 0.15) is 39.8 Å². The van der Waals surface area contributed by atoms with Crippen LogP contribution in [0.4, 0.5) is 5.88 Å². The number of anilines is 1. The van der Waals surface area contributed by atoms with Crippen LogP contribution in [0.5, 0.6) is 0 Å². The summed E-state index contributed by atoms with van der Waals surface area (Å²) in [5.74, 6) is -2.58. The summed E-state index contributed by atoms with van der Waals surface area (Å²) < 4.78 is 9.94. The molecule has 0 atom stereocenters. The van der Waals surface area contributed by atoms with Gasteiger partial charge in [0.25, 0.3) is 5.91 Å². The SMILES string of the molecule is CCOC(=O)c1c(C)oc(NC(=O)CC#N)c1C(N)=O. The van der Waals surface area contributed by atoms with Crippen molar-refractivity contribution in [2.45, 2.75) is 20.3 Å². The number of carbonyl (C=O) groups excluding carboxylic acids is 3. The molecule has 106 valence electrons. The Morgan fingerprint density at radius 2 is 2.05 bits per heavy atom. The lowest BCUT2D eigenvalue weighted by Gasteiger charge is -2.03. The number of rotatable bonds is 5. The molecule has 0 saturated carbocycles. The van der Waals surface area contributed by atoms with Gasteiger partial charge < -0.3 is 14.9 Å². The highest BCUT2D eigenvalue weighted by molar-refractivity contribution is 6.10. The quantitative estimate of drug-likeness (QED) is 0.762. The molecule has 8 nitrogen and oxygen atoms in total. The Kier molecular flexibility index (Phi) is 4.86. The maximum Gasteiger partial charge on any atom is 0.342 e. The largest absolute Gasteiger partial charge is 0.462 e. The summed E-state index contributed by atoms with van der Waals surface area (Å²) in [4.78, 5) is 34.5. The number of furan rings is 1. The second-order valence-electron chi connectivity index (χ2n) is 3.71. The van der Waals surface area contributed by atoms with Crippen molar-refractivity contribution in [1.82, 2.24) is 0 Å². The van der Waals surface area contributed by atoms with Crippen molar-refractivity contribution < 1.29 is 23.5 Å². The highest BCUT2D eigenvalue weighted by Gasteiger charge is 2.28. The third kappa shape index (κ3) is 3.14. The van der Waals surface area contributed by atoms with Crippen LogP contribution in [0.15, 0.2) is 4.42 Å². The molecule has 2 amide bonds. The second kappa shape index (κ2) is 6.38. The van der Waals surface area contributed by atoms with Gasteiger partial charge in [0.1, 0.15) is 23.3 Å². The van der Waals surface area contributed by atoms with Crippen LogP contribution in [-0.2, 0) is 9.53 Å². The highest BCUT2D eigenvalue weighted by atomic mass is 16.5. The molecule has 0 fully saturated rings. The van der Waals surface area contributed by atoms with Crippen LogP contribution in [0.2, 0.25) is 0 Å². The van der Waals surface area contributed by atoms with Crippen molar-refractivity contribution in [3.8, 4) is 6.07 Å². The number of nitriles is 1. The van der Waals surface area contributed by atoms with E-state index in [1.807, 2.05) is 0 Å². The smallest absolute Gasteiger partial charge is 0.342 e. The fourth-order valence-electron chi connectivity index (χ4n) is 1.56. The molecule has 20 heavy (non-hydrogen) atoms. The zero-order valence-corrected chi connectivity index (χ0v) is 11.0. The monoisotopic (exact) mass is 279 g/mol. The van der Waals surface area contributed by atoms with Gasteiger partial charge in [0, 0.05) is 0 Å². The summed E-state index contributed by atoms with van der Waals surface area (Å²) in [5.41, 5.74) is 4.79. The number of aryl methyl sites for hydroxylation is 1. The van der Waals surface area contributed by atoms with E-state index in [9.17, 15) is 14.4 Å². The number of nitrogens with one attached hydrogen (secondary N) is 1. The van der Waals surface area contributed by atoms with Gasteiger partial charge >= 0.3 is 5.97 Å². The first-order chi connectivity index (χ1) is 9.42. The molecule has 0 aliphatic rings. The first-order valence-corrected chi connectivity index (χ1v) is 5.69. The number of carbonyl (C=O) groups is 3. The predicted molar refractivity (Wildman–Crippen MR) is 66.8 cm³/mol. The summed E-state index contributed by atoms with van der Waals surface area (Å²) in [6, 6.07) is 1.64. The van der Waals surface area contributed by atoms with E-state index >= 15 is 0 Å². The Balaban J connectivity index is 3.24. The number of nitrogens with zero attached hydrogens (tertiary/aromatic N) is 1. The van der Waals surface area contributed by atoms with Gasteiger partial charge in [0.05, 0.1) is 12.7 Å². The Morgan fingerprint density at radius 1 is 1.40 bits per heavy atom. The molecule has 1 aromatic rings. The molecule has 8 heteroatoms. The average Bonchev–Trinajstić information content (AvgIpc) is 2.66. The van der Waals surface area contributed by atoms with Gasteiger partial charge in [-0.2, -0.15) is 5.26 Å². The Bertz CT molecular complexity index is 597. The van der Waals surface area contributed by atoms with Crippen molar-refractivity contribution >= 4 is 23.7 Å². The first-order valence-electron chi connectivity index (χ1n) is 5.69. The van der Waals surface area contributed by atoms with E-state index in [0.717, 1.165) is 0 Å². The Hall–Kier alpha value is -2.82. The number of primary amides is 1. The van der Waals surface area contributed by atoms with E-state index in [1.165, 1.54) is 6.92 Å². The molecule has 0 radical (unpaired) electrons. The minimum absolute atomic E-state index is 0.0875. The zero-order chi connectivity index (χ0) is 15.3. The first kappa shape index (κ1) is 15.2. The topological polar surface area (TPSA) is 135 Å². The highest BCUT2D eigenvalue weighted by Crippen LogP contribution is 2.27. The van der Waals surface area contributed by atoms with Crippen LogP contribution >= 0.6 is 0 Å². The van der Waals surface area contributed by atoms with Crippen molar-refractivity contribution in [2.24, 2.45) is 5.73 Å². The van der Waals surface area contributed by atoms with Gasteiger partial charge in [-0.3, -0.25) is 14.9 Å². The van der Waals surface area contributed by atoms with Gasteiger partial charge in [-0.15, -0.1) is 0 Å². The normalized spacial score (nSPS) is 9.65. The number of ether oxygens (including phenoxy) is 1. The molecule has 0 saturated heterocycles. The fourth-order valence-corrected chi connectivity index (χ4v) is 1.56. The Labute approximate surface area is 114 Å². The molecule has 1 rings (SSSR count). The van der Waals surface area contributed by atoms with Gasteiger partial charge in [-0.25, -0.2) is 4.79 Å². The lowest BCUT2D eigenvalue weighted by molar-refractivity contribution is -0.115. The molecule has 0 aromatic carbocycles. The summed E-state index contributed by atoms with van der Waals surface area (Å²) in [5, 5.41) is 10.6. The minimum atomic E-state index is -0.947. The van der Waals surface area contributed by atoms with E-state index in [4.69, 9.17) is 20.1 Å². The summed E-state index contributed by atoms with van der Waals surface area (Å²) in [7, 11) is 0. The average molecular weight is 279 g/mol. The summed E-state index contributed by atoms with van der Waals surface area (Å²) >= 11 is 0. The fraction of sp³-hybridized carbons (Fsp3) is 0.333. The van der Waals surface area contributed by atoms with E-state index in [2.05, 4.69) is 5.32 Å². The van der Waals surface area contributed by atoms with Crippen molar-refractivity contribution in [2.75, 3.05) is 11.9 Å². The second-order valence-corrected chi connectivity index (χ2v) is 3.71. The third-order valence-electron chi connectivity index (χ3n) is 2.30. The van der Waals surface area contributed by atoms with E-state index in [0.29, 0.717) is 0 Å². The molecule has 1 heterocycles. The van der Waals surface area contributed by atoms with Gasteiger partial charge in [0.2, 0.25) is 11.8 Å². The van der Waals surface area contributed by atoms with Crippen LogP contribution in [0, 0.1) is 18.3 Å². The standard InChI is InChI=1S/C12H13N3O5/c1-3-19-12(18)8-6(2)20-11(9(8)10(14)17)15-7(16)4-5-13/h3-4H2,1-2H3,(H2,14,17)(H,15,16). The zero-order valence-electron chi connectivity index (χ0n) is 11.0. The molecule has 0 aliphatic heterocycles. The summed E-state index contributed by atoms with van der Waals surface area (Å²) in [6.07, 6.45) is -0.424. The van der Waals surface area contributed by atoms with E-state index in [-0.39, 0.29) is 29.4 Å². The van der Waals surface area contributed by atoms with Gasteiger partial charge in [-0.05, 0) is 13.8 Å². The van der Waals surface area contributed by atoms with Gasteiger partial charge in [0.15, 0.2) is 0 Å². The van der Waals surface area contributed by atoms with Crippen molar-refractivity contribution in [3.05, 3.63) is 16.9 Å². The maximum atomic E-state index is 11.8. The molecule has 1 aromatic heterocycles. The number of hydrogen-bond donors (Lipinski definition) is 2. The third-order valence-corrected chi connectivity index (χ3v) is 2.30. The molecule has 3 N–H and O–H groups in total. The number of amides is 2. The number of esters is 1. The number of hydrogen-bond acceptors (Lipinski definition) is 6. The molecule has 0 aliphatic carbocycles. The lowest BCUT2D eigenvalue weighted by atomic mass is 10.1. The van der Waals surface area contributed by atoms with Crippen LogP contribution in [0.3, 0.4) is 0 Å².